The summed E-state index contributed by atoms with van der Waals surface area (Å²) in [6.45, 7) is 0. The van der Waals surface area contributed by atoms with Crippen LogP contribution >= 0.6 is 22.6 Å². The first-order chi connectivity index (χ1) is 2.27. The largest absolute Gasteiger partial charge is 0.369 e. The van der Waals surface area contributed by atoms with E-state index in [-0.39, 0.29) is 74.8 Å². The molecule has 0 aromatic heterocycles. The van der Waals surface area contributed by atoms with Crippen LogP contribution in [0.25, 0.3) is 0 Å². The molecule has 0 spiro atoms. The van der Waals surface area contributed by atoms with Crippen LogP contribution in [-0.2, 0) is 4.79 Å². The van der Waals surface area contributed by atoms with Gasteiger partial charge in [-0.2, -0.15) is 0 Å². The molecule has 0 saturated carbocycles. The molecule has 0 atom stereocenters. The molecule has 0 unspecified atom stereocenters. The van der Waals surface area contributed by atoms with Crippen LogP contribution in [0.3, 0.4) is 0 Å². The first-order valence-corrected chi connectivity index (χ1v) is 2.64. The zero-order chi connectivity index (χ0) is 4.28. The number of amides is 1. The van der Waals surface area contributed by atoms with Gasteiger partial charge in [-0.3, -0.25) is 4.79 Å². The van der Waals surface area contributed by atoms with Crippen molar-refractivity contribution in [1.82, 2.24) is 0 Å². The van der Waals surface area contributed by atoms with E-state index in [1.807, 2.05) is 22.6 Å². The van der Waals surface area contributed by atoms with Crippen LogP contribution in [0.2, 0.25) is 0 Å². The molecule has 0 fully saturated rings. The normalized spacial score (nSPS) is 6.17. The number of nitrogens with two attached hydrogens (primary N) is 1. The van der Waals surface area contributed by atoms with Gasteiger partial charge >= 0.3 is 0 Å². The van der Waals surface area contributed by atoms with Crippen molar-refractivity contribution < 1.29 is 4.79 Å². The third kappa shape index (κ3) is 9.54. The fraction of sp³-hybridized carbons (Fsp3) is 0.500. The molecule has 0 rings (SSSR count). The Hall–Kier alpha value is 2.25. The number of primary amides is 1. The van der Waals surface area contributed by atoms with Gasteiger partial charge < -0.3 is 5.73 Å². The van der Waals surface area contributed by atoms with Crippen LogP contribution in [0, 0.1) is 0 Å². The monoisotopic (exact) mass is 318 g/mol. The van der Waals surface area contributed by atoms with Gasteiger partial charge in [-0.1, -0.05) is 22.6 Å². The molecule has 0 aliphatic carbocycles. The summed E-state index contributed by atoms with van der Waals surface area (Å²) < 4.78 is 0.414. The second-order valence-electron chi connectivity index (χ2n) is 0.600. The fourth-order valence-electron chi connectivity index (χ4n) is 0. The third-order valence-electron chi connectivity index (χ3n) is 0.132. The maximum Gasteiger partial charge on any atom is 0.227 e. The van der Waals surface area contributed by atoms with Crippen molar-refractivity contribution in [3.8, 4) is 0 Å². The van der Waals surface area contributed by atoms with Crippen molar-refractivity contribution in [2.45, 2.75) is 0 Å². The third-order valence-corrected chi connectivity index (χ3v) is 0.884. The van der Waals surface area contributed by atoms with E-state index in [9.17, 15) is 4.79 Å². The van der Waals surface area contributed by atoms with Crippen LogP contribution < -0.4 is 5.73 Å². The number of halogens is 1. The minimum atomic E-state index is -0.259. The van der Waals surface area contributed by atoms with E-state index in [0.29, 0.717) is 4.43 Å². The number of hydrogen-bond acceptors (Lipinski definition) is 1. The van der Waals surface area contributed by atoms with Crippen LogP contribution in [0.1, 0.15) is 0 Å². The SMILES string of the molecule is NC(=O)CI.[Cs]. The fourth-order valence-corrected chi connectivity index (χ4v) is 0. The van der Waals surface area contributed by atoms with Gasteiger partial charge in [0.05, 0.1) is 4.43 Å². The first kappa shape index (κ1) is 11.1. The summed E-state index contributed by atoms with van der Waals surface area (Å²) in [5.41, 5.74) is 4.65. The Morgan fingerprint density at radius 2 is 2.00 bits per heavy atom. The van der Waals surface area contributed by atoms with Crippen molar-refractivity contribution in [2.24, 2.45) is 5.73 Å². The van der Waals surface area contributed by atoms with Gasteiger partial charge in [0.25, 0.3) is 0 Å². The second-order valence-corrected chi connectivity index (χ2v) is 1.36. The van der Waals surface area contributed by atoms with E-state index in [4.69, 9.17) is 0 Å². The first-order valence-electron chi connectivity index (χ1n) is 1.11. The quantitative estimate of drug-likeness (QED) is 0.515. The minimum absolute atomic E-state index is 0. The molecular weight excluding hydrogens is 314 g/mol. The topological polar surface area (TPSA) is 43.1 Å². The Morgan fingerprint density at radius 3 is 2.00 bits per heavy atom. The van der Waals surface area contributed by atoms with Crippen LogP contribution in [-0.4, -0.2) is 79.2 Å². The Bertz CT molecular complexity index is 48.8. The van der Waals surface area contributed by atoms with E-state index in [1.165, 1.54) is 0 Å². The molecule has 0 aromatic carbocycles. The van der Waals surface area contributed by atoms with Crippen molar-refractivity contribution in [3.05, 3.63) is 0 Å². The molecule has 0 aromatic rings. The molecule has 2 nitrogen and oxygen atoms in total. The number of alkyl halides is 1. The average molecular weight is 318 g/mol. The molecule has 4 heteroatoms. The number of carbonyl (C=O) groups is 1. The maximum atomic E-state index is 9.58. The van der Waals surface area contributed by atoms with Gasteiger partial charge in [-0.25, -0.2) is 0 Å². The summed E-state index contributed by atoms with van der Waals surface area (Å²) in [5.74, 6) is -0.259. The van der Waals surface area contributed by atoms with Crippen molar-refractivity contribution >= 4 is 97.4 Å². The van der Waals surface area contributed by atoms with E-state index in [1.54, 1.807) is 0 Å². The van der Waals surface area contributed by atoms with Gasteiger partial charge in [0.15, 0.2) is 0 Å². The molecule has 31 valence electrons. The smallest absolute Gasteiger partial charge is 0.227 e. The molecule has 0 heterocycles. The Kier molecular flexibility index (Phi) is 13.4. The summed E-state index contributed by atoms with van der Waals surface area (Å²) in [7, 11) is 0. The second kappa shape index (κ2) is 7.25. The molecule has 6 heavy (non-hydrogen) atoms. The molecule has 0 saturated heterocycles. The molecule has 0 aliphatic rings. The average Bonchev–Trinajstić information content (AvgIpc) is 1.38. The summed E-state index contributed by atoms with van der Waals surface area (Å²) >= 11 is 1.90. The maximum absolute atomic E-state index is 9.58. The van der Waals surface area contributed by atoms with E-state index < -0.39 is 0 Å². The summed E-state index contributed by atoms with van der Waals surface area (Å²) in [6, 6.07) is 0. The molecular formula is C2H4CsINO. The van der Waals surface area contributed by atoms with Crippen LogP contribution in [0.4, 0.5) is 0 Å². The zero-order valence-electron chi connectivity index (χ0n) is 3.57. The van der Waals surface area contributed by atoms with E-state index in [2.05, 4.69) is 5.73 Å². The van der Waals surface area contributed by atoms with Crippen molar-refractivity contribution in [1.29, 1.82) is 0 Å². The van der Waals surface area contributed by atoms with Gasteiger partial charge in [-0.05, 0) is 0 Å². The van der Waals surface area contributed by atoms with Crippen LogP contribution in [0.5, 0.6) is 0 Å². The zero-order valence-corrected chi connectivity index (χ0v) is 12.0. The molecule has 0 aliphatic heterocycles. The van der Waals surface area contributed by atoms with Gasteiger partial charge in [0.1, 0.15) is 0 Å². The van der Waals surface area contributed by atoms with E-state index >= 15 is 0 Å². The van der Waals surface area contributed by atoms with Gasteiger partial charge in [-0.15, -0.1) is 0 Å². The van der Waals surface area contributed by atoms with Crippen molar-refractivity contribution in [2.75, 3.05) is 4.43 Å². The van der Waals surface area contributed by atoms with Gasteiger partial charge in [0, 0.05) is 68.9 Å². The molecule has 0 bridgehead atoms. The van der Waals surface area contributed by atoms with E-state index in [0.717, 1.165) is 0 Å². The summed E-state index contributed by atoms with van der Waals surface area (Å²) in [5, 5.41) is 0. The van der Waals surface area contributed by atoms with Gasteiger partial charge in [0.2, 0.25) is 5.91 Å². The number of rotatable bonds is 1. The predicted octanol–water partition coefficient (Wildman–Crippen LogP) is -0.474. The molecule has 2 N–H and O–H groups in total. The predicted molar refractivity (Wildman–Crippen MR) is 33.8 cm³/mol. The van der Waals surface area contributed by atoms with Crippen LogP contribution in [0.15, 0.2) is 0 Å². The Morgan fingerprint density at radius 1 is 1.83 bits per heavy atom. The Labute approximate surface area is 109 Å². The molecule has 1 amide bonds. The summed E-state index contributed by atoms with van der Waals surface area (Å²) in [4.78, 5) is 9.58. The minimum Gasteiger partial charge on any atom is -0.369 e. The number of hydrogen-bond donors (Lipinski definition) is 1. The summed E-state index contributed by atoms with van der Waals surface area (Å²) in [6.07, 6.45) is 0. The van der Waals surface area contributed by atoms with Crippen molar-refractivity contribution in [3.63, 3.8) is 0 Å². The number of carbonyl (C=O) groups excluding carboxylic acids is 1. The standard InChI is InChI=1S/C2H4INO.Cs/c3-1-2(4)5;/h1H2,(H2,4,5);. The molecule has 1 radical (unpaired) electrons. The Balaban J connectivity index is 0.